The first-order valence-corrected chi connectivity index (χ1v) is 26.4. The van der Waals surface area contributed by atoms with Gasteiger partial charge in [-0.1, -0.05) is 176 Å². The van der Waals surface area contributed by atoms with Crippen LogP contribution in [0.1, 0.15) is 36.3 Å². The molecule has 0 bridgehead atoms. The molecule has 0 heterocycles. The van der Waals surface area contributed by atoms with Gasteiger partial charge in [-0.2, -0.15) is 0 Å². The molecule has 0 spiro atoms. The van der Waals surface area contributed by atoms with Crippen LogP contribution < -0.4 is 19.6 Å². The van der Waals surface area contributed by atoms with Gasteiger partial charge in [-0.05, 0) is 181 Å². The van der Waals surface area contributed by atoms with Gasteiger partial charge in [-0.25, -0.2) is 0 Å². The molecule has 10 aromatic carbocycles. The molecule has 0 saturated heterocycles. The number of rotatable bonds is 15. The van der Waals surface area contributed by atoms with E-state index in [0.717, 1.165) is 70.4 Å². The maximum atomic E-state index is 2.45. The van der Waals surface area contributed by atoms with Crippen molar-refractivity contribution in [2.75, 3.05) is 19.6 Å². The molecule has 76 heavy (non-hydrogen) atoms. The summed E-state index contributed by atoms with van der Waals surface area (Å²) in [5.74, 6) is 0.297. The average molecular weight is 979 g/mol. The van der Waals surface area contributed by atoms with Gasteiger partial charge in [0, 0.05) is 74.2 Å². The van der Waals surface area contributed by atoms with Gasteiger partial charge in [0.2, 0.25) is 0 Å². The summed E-state index contributed by atoms with van der Waals surface area (Å²) in [5, 5.41) is 0. The number of anilines is 10. The molecule has 366 valence electrons. The molecule has 10 aromatic rings. The summed E-state index contributed by atoms with van der Waals surface area (Å²) < 4.78 is 0. The lowest BCUT2D eigenvalue weighted by Gasteiger charge is -2.32. The molecule has 1 atom stereocenters. The van der Waals surface area contributed by atoms with Gasteiger partial charge in [-0.3, -0.25) is 0 Å². The van der Waals surface area contributed by atoms with Crippen molar-refractivity contribution in [1.29, 1.82) is 0 Å². The second-order valence-corrected chi connectivity index (χ2v) is 19.3. The largest absolute Gasteiger partial charge is 0.315 e. The van der Waals surface area contributed by atoms with Crippen molar-refractivity contribution in [2.45, 2.75) is 25.2 Å². The molecule has 2 aliphatic rings. The Kier molecular flexibility index (Phi) is 13.9. The lowest BCUT2D eigenvalue weighted by atomic mass is 9.90. The van der Waals surface area contributed by atoms with Crippen LogP contribution in [0, 0.1) is 0 Å². The highest BCUT2D eigenvalue weighted by Crippen LogP contribution is 2.42. The van der Waals surface area contributed by atoms with E-state index in [0.29, 0.717) is 5.92 Å². The Balaban J connectivity index is 0.756. The van der Waals surface area contributed by atoms with Gasteiger partial charge in [0.25, 0.3) is 0 Å². The van der Waals surface area contributed by atoms with E-state index in [1.807, 2.05) is 0 Å². The Labute approximate surface area is 448 Å². The molecule has 0 radical (unpaired) electrons. The molecule has 2 aliphatic carbocycles. The zero-order chi connectivity index (χ0) is 50.9. The van der Waals surface area contributed by atoms with Crippen molar-refractivity contribution in [3.05, 3.63) is 332 Å². The minimum Gasteiger partial charge on any atom is -0.315 e. The summed E-state index contributed by atoms with van der Waals surface area (Å²) in [6.45, 7) is 0. The van der Waals surface area contributed by atoms with Crippen molar-refractivity contribution >= 4 is 62.4 Å². The third-order valence-electron chi connectivity index (χ3n) is 14.5. The topological polar surface area (TPSA) is 13.0 Å². The Morgan fingerprint density at radius 3 is 0.908 bits per heavy atom. The predicted octanol–water partition coefficient (Wildman–Crippen LogP) is 20.0. The van der Waals surface area contributed by atoms with E-state index in [9.17, 15) is 0 Å². The van der Waals surface area contributed by atoms with Crippen molar-refractivity contribution in [1.82, 2.24) is 0 Å². The summed E-state index contributed by atoms with van der Waals surface area (Å²) in [6.07, 6.45) is 14.6. The molecule has 0 saturated carbocycles. The highest BCUT2D eigenvalue weighted by Gasteiger charge is 2.23. The minimum absolute atomic E-state index is 0.297. The normalized spacial score (nSPS) is 13.9. The Morgan fingerprint density at radius 2 is 0.592 bits per heavy atom. The fourth-order valence-electron chi connectivity index (χ4n) is 10.7. The van der Waals surface area contributed by atoms with Crippen molar-refractivity contribution in [3.8, 4) is 11.1 Å². The van der Waals surface area contributed by atoms with Crippen LogP contribution >= 0.6 is 0 Å². The van der Waals surface area contributed by atoms with E-state index in [-0.39, 0.29) is 0 Å². The lowest BCUT2D eigenvalue weighted by molar-refractivity contribution is 0.828. The van der Waals surface area contributed by atoms with E-state index < -0.39 is 0 Å². The molecule has 0 fully saturated rings. The Hall–Kier alpha value is -9.64. The second-order valence-electron chi connectivity index (χ2n) is 19.3. The first-order chi connectivity index (χ1) is 37.7. The number of hydrogen-bond acceptors (Lipinski definition) is 4. The van der Waals surface area contributed by atoms with Gasteiger partial charge in [-0.15, -0.1) is 0 Å². The number of para-hydroxylation sites is 6. The second kappa shape index (κ2) is 22.2. The van der Waals surface area contributed by atoms with Gasteiger partial charge in [0.15, 0.2) is 0 Å². The maximum Gasteiger partial charge on any atom is 0.0462 e. The fourth-order valence-corrected chi connectivity index (χ4v) is 10.7. The van der Waals surface area contributed by atoms with Crippen molar-refractivity contribution in [3.63, 3.8) is 0 Å². The van der Waals surface area contributed by atoms with Gasteiger partial charge in [0.1, 0.15) is 0 Å². The van der Waals surface area contributed by atoms with Crippen LogP contribution in [0.2, 0.25) is 0 Å². The van der Waals surface area contributed by atoms with Crippen LogP contribution in [0.15, 0.2) is 321 Å². The lowest BCUT2D eigenvalue weighted by Crippen LogP contribution is -2.23. The number of allylic oxidation sites excluding steroid dienone is 7. The summed E-state index contributed by atoms with van der Waals surface area (Å²) in [7, 11) is 0. The van der Waals surface area contributed by atoms with Crippen LogP contribution in [0.3, 0.4) is 0 Å². The molecule has 1 unspecified atom stereocenters. The van der Waals surface area contributed by atoms with E-state index in [2.05, 4.69) is 329 Å². The van der Waals surface area contributed by atoms with E-state index in [4.69, 9.17) is 0 Å². The SMILES string of the molecule is C1=CC(c2ccc(N(c3ccccc3)c3ccccc3)cc2)CC=C1N(C1=CC=C(c2ccc(N(c3ccccc3)c3ccc(-c4ccc(N(c5ccccc5)c5ccccc5)cc4)cc3)cc2)CC1)c1ccccc1. The first-order valence-electron chi connectivity index (χ1n) is 26.4. The molecule has 0 N–H and O–H groups in total. The van der Waals surface area contributed by atoms with Crippen LogP contribution in [-0.4, -0.2) is 0 Å². The smallest absolute Gasteiger partial charge is 0.0462 e. The molecule has 4 heteroatoms. The zero-order valence-electron chi connectivity index (χ0n) is 42.4. The van der Waals surface area contributed by atoms with Crippen LogP contribution in [0.25, 0.3) is 16.7 Å². The van der Waals surface area contributed by atoms with Crippen LogP contribution in [0.4, 0.5) is 56.9 Å². The third-order valence-corrected chi connectivity index (χ3v) is 14.5. The standard InChI is InChI=1S/C72H58N4/c1-7-19-61(20-8-1)73(62-21-9-2-10-22-62)67-43-31-55(32-44-67)57-35-47-69(48-36-57)75(65-27-15-5-16-28-65)71-51-39-59(40-52-71)60-41-53-72(54-42-60)76(66-29-17-6-18-30-66)70-49-37-58(38-50-70)56-33-45-68(46-34-56)74(63-23-11-3-12-24-63)64-25-13-4-14-26-64/h1-37,39-41,43-53,58H,38,42,54H2. The Morgan fingerprint density at radius 1 is 0.276 bits per heavy atom. The first kappa shape index (κ1) is 47.4. The van der Waals surface area contributed by atoms with Crippen LogP contribution in [0.5, 0.6) is 0 Å². The fraction of sp³-hybridized carbons (Fsp3) is 0.0556. The van der Waals surface area contributed by atoms with E-state index >= 15 is 0 Å². The van der Waals surface area contributed by atoms with Gasteiger partial charge >= 0.3 is 0 Å². The molecular formula is C72H58N4. The molecule has 0 aromatic heterocycles. The summed E-state index contributed by atoms with van der Waals surface area (Å²) in [6, 6.07) is 99.8. The Bertz CT molecular complexity index is 3530. The number of hydrogen-bond donors (Lipinski definition) is 0. The summed E-state index contributed by atoms with van der Waals surface area (Å²) >= 11 is 0. The summed E-state index contributed by atoms with van der Waals surface area (Å²) in [5.41, 5.74) is 20.1. The van der Waals surface area contributed by atoms with Gasteiger partial charge < -0.3 is 19.6 Å². The monoisotopic (exact) mass is 978 g/mol. The number of nitrogens with zero attached hydrogens (tertiary/aromatic N) is 4. The van der Waals surface area contributed by atoms with Crippen molar-refractivity contribution < 1.29 is 0 Å². The maximum absolute atomic E-state index is 2.45. The average Bonchev–Trinajstić information content (AvgIpc) is 3.51. The molecule has 12 rings (SSSR count). The third kappa shape index (κ3) is 10.3. The van der Waals surface area contributed by atoms with E-state index in [1.165, 1.54) is 44.9 Å². The molecule has 0 aliphatic heterocycles. The van der Waals surface area contributed by atoms with E-state index in [1.54, 1.807) is 0 Å². The predicted molar refractivity (Wildman–Crippen MR) is 321 cm³/mol. The van der Waals surface area contributed by atoms with Gasteiger partial charge in [0.05, 0.1) is 0 Å². The minimum atomic E-state index is 0.297. The highest BCUT2D eigenvalue weighted by molar-refractivity contribution is 5.82. The van der Waals surface area contributed by atoms with Crippen LogP contribution in [-0.2, 0) is 0 Å². The molecular weight excluding hydrogens is 921 g/mol. The molecule has 0 amide bonds. The highest BCUT2D eigenvalue weighted by atomic mass is 15.2. The zero-order valence-corrected chi connectivity index (χ0v) is 42.4. The number of benzene rings is 10. The van der Waals surface area contributed by atoms with Crippen molar-refractivity contribution in [2.24, 2.45) is 0 Å². The molecule has 4 nitrogen and oxygen atoms in total. The summed E-state index contributed by atoms with van der Waals surface area (Å²) in [4.78, 5) is 9.41. The quantitative estimate of drug-likeness (QED) is 0.101.